The fourth-order valence-corrected chi connectivity index (χ4v) is 4.26. The Balaban J connectivity index is 1.35. The van der Waals surface area contributed by atoms with Crippen LogP contribution in [0.3, 0.4) is 0 Å². The van der Waals surface area contributed by atoms with E-state index in [1.807, 2.05) is 6.07 Å². The summed E-state index contributed by atoms with van der Waals surface area (Å²) in [6, 6.07) is 12.3. The maximum atomic E-state index is 12.6. The fraction of sp³-hybridized carbons (Fsp3) is 0.364. The van der Waals surface area contributed by atoms with E-state index in [0.717, 1.165) is 19.3 Å². The minimum absolute atomic E-state index is 0.0488. The van der Waals surface area contributed by atoms with Crippen LogP contribution >= 0.6 is 0 Å². The Morgan fingerprint density at radius 1 is 0.929 bits per heavy atom. The summed E-state index contributed by atoms with van der Waals surface area (Å²) in [4.78, 5) is 41.2. The summed E-state index contributed by atoms with van der Waals surface area (Å²) in [6.45, 7) is 0. The zero-order valence-electron chi connectivity index (χ0n) is 15.6. The van der Waals surface area contributed by atoms with Gasteiger partial charge in [-0.25, -0.2) is 4.98 Å². The van der Waals surface area contributed by atoms with E-state index in [2.05, 4.69) is 15.6 Å². The highest BCUT2D eigenvalue weighted by atomic mass is 16.2. The quantitative estimate of drug-likeness (QED) is 0.851. The number of fused-ring (bicyclic) bond motifs is 2. The maximum absolute atomic E-state index is 12.6. The number of Topliss-reactive ketones (excluding diaryl/α,β-unsaturated/α-hetero) is 1. The summed E-state index contributed by atoms with van der Waals surface area (Å²) >= 11 is 0. The number of anilines is 2. The van der Waals surface area contributed by atoms with Gasteiger partial charge in [0.25, 0.3) is 5.91 Å². The molecule has 2 amide bonds. The second-order valence-electron chi connectivity index (χ2n) is 7.64. The fourth-order valence-electron chi connectivity index (χ4n) is 4.26. The highest BCUT2D eigenvalue weighted by Crippen LogP contribution is 2.40. The van der Waals surface area contributed by atoms with Gasteiger partial charge in [0.05, 0.1) is 11.9 Å². The van der Waals surface area contributed by atoms with Gasteiger partial charge in [0.1, 0.15) is 11.6 Å². The molecule has 6 heteroatoms. The minimum Gasteiger partial charge on any atom is -0.324 e. The molecule has 144 valence electrons. The molecule has 0 saturated heterocycles. The van der Waals surface area contributed by atoms with Gasteiger partial charge < -0.3 is 10.6 Å². The summed E-state index contributed by atoms with van der Waals surface area (Å²) in [5, 5.41) is 5.64. The van der Waals surface area contributed by atoms with Crippen LogP contribution in [0, 0.1) is 17.8 Å². The Kier molecular flexibility index (Phi) is 5.19. The van der Waals surface area contributed by atoms with Crippen molar-refractivity contribution in [2.24, 2.45) is 17.8 Å². The Hall–Kier alpha value is -3.02. The molecule has 0 spiro atoms. The lowest BCUT2D eigenvalue weighted by Gasteiger charge is -2.36. The van der Waals surface area contributed by atoms with Gasteiger partial charge in [0.15, 0.2) is 0 Å². The number of amides is 2. The van der Waals surface area contributed by atoms with Crippen LogP contribution in [-0.4, -0.2) is 22.6 Å². The van der Waals surface area contributed by atoms with Crippen molar-refractivity contribution in [3.8, 4) is 0 Å². The maximum Gasteiger partial charge on any atom is 0.256 e. The molecular formula is C22H23N3O3. The molecule has 1 aromatic heterocycles. The predicted octanol–water partition coefficient (Wildman–Crippen LogP) is 3.67. The smallest absolute Gasteiger partial charge is 0.256 e. The summed E-state index contributed by atoms with van der Waals surface area (Å²) in [5.41, 5.74) is 1.14. The van der Waals surface area contributed by atoms with Crippen molar-refractivity contribution in [2.45, 2.75) is 32.1 Å². The largest absolute Gasteiger partial charge is 0.324 e. The predicted molar refractivity (Wildman–Crippen MR) is 106 cm³/mol. The number of benzene rings is 1. The minimum atomic E-state index is -0.233. The van der Waals surface area contributed by atoms with Crippen molar-refractivity contribution in [1.29, 1.82) is 0 Å². The zero-order valence-corrected chi connectivity index (χ0v) is 15.6. The van der Waals surface area contributed by atoms with Gasteiger partial charge in [-0.1, -0.05) is 24.6 Å². The Morgan fingerprint density at radius 2 is 1.64 bits per heavy atom. The Labute approximate surface area is 163 Å². The average Bonchev–Trinajstić information content (AvgIpc) is 2.70. The van der Waals surface area contributed by atoms with Crippen molar-refractivity contribution < 1.29 is 14.4 Å². The lowest BCUT2D eigenvalue weighted by atomic mass is 9.67. The topological polar surface area (TPSA) is 88.2 Å². The van der Waals surface area contributed by atoms with Gasteiger partial charge in [-0.2, -0.15) is 0 Å². The van der Waals surface area contributed by atoms with Crippen LogP contribution < -0.4 is 10.6 Å². The van der Waals surface area contributed by atoms with E-state index < -0.39 is 0 Å². The van der Waals surface area contributed by atoms with E-state index in [1.165, 1.54) is 6.20 Å². The molecule has 0 aliphatic heterocycles. The van der Waals surface area contributed by atoms with Crippen molar-refractivity contribution >= 4 is 29.1 Å². The first kappa shape index (κ1) is 18.3. The molecule has 2 saturated carbocycles. The van der Waals surface area contributed by atoms with Crippen molar-refractivity contribution in [2.75, 3.05) is 10.6 Å². The number of carbonyl (C=O) groups is 3. The number of rotatable bonds is 4. The third kappa shape index (κ3) is 3.96. The highest BCUT2D eigenvalue weighted by molar-refractivity contribution is 6.03. The standard InChI is InChI=1S/C22H23N3O3/c26-20-15-7-4-8-16(20)12-17(11-15)22(28)24-18-9-10-19(23-13-18)25-21(27)14-5-2-1-3-6-14/h1-3,5-6,9-10,13,15-17H,4,7-8,11-12H2,(H,24,28)(H,23,25,27). The van der Waals surface area contributed by atoms with E-state index in [1.54, 1.807) is 36.4 Å². The molecule has 2 unspecified atom stereocenters. The molecule has 2 aromatic rings. The monoisotopic (exact) mass is 377 g/mol. The van der Waals surface area contributed by atoms with E-state index in [4.69, 9.17) is 0 Å². The highest BCUT2D eigenvalue weighted by Gasteiger charge is 2.41. The summed E-state index contributed by atoms with van der Waals surface area (Å²) in [6.07, 6.45) is 5.76. The van der Waals surface area contributed by atoms with Crippen molar-refractivity contribution in [3.63, 3.8) is 0 Å². The first-order valence-corrected chi connectivity index (χ1v) is 9.77. The van der Waals surface area contributed by atoms with E-state index in [9.17, 15) is 14.4 Å². The molecule has 2 bridgehead atoms. The van der Waals surface area contributed by atoms with E-state index >= 15 is 0 Å². The van der Waals surface area contributed by atoms with Crippen LogP contribution in [0.25, 0.3) is 0 Å². The van der Waals surface area contributed by atoms with Crippen LogP contribution in [0.4, 0.5) is 11.5 Å². The SMILES string of the molecule is O=C(Nc1ccc(NC(=O)C2CC3CCCC(C2)C3=O)cn1)c1ccccc1. The van der Waals surface area contributed by atoms with Crippen molar-refractivity contribution in [3.05, 3.63) is 54.2 Å². The normalized spacial score (nSPS) is 23.7. The molecule has 1 heterocycles. The van der Waals surface area contributed by atoms with Crippen LogP contribution in [0.2, 0.25) is 0 Å². The third-order valence-electron chi connectivity index (χ3n) is 5.73. The molecule has 28 heavy (non-hydrogen) atoms. The van der Waals surface area contributed by atoms with Crippen molar-refractivity contribution in [1.82, 2.24) is 4.98 Å². The number of pyridine rings is 1. The average molecular weight is 377 g/mol. The number of ketones is 1. The first-order chi connectivity index (χ1) is 13.6. The van der Waals surface area contributed by atoms with Crippen LogP contribution in [0.15, 0.2) is 48.7 Å². The second kappa shape index (κ2) is 7.92. The number of carbonyl (C=O) groups excluding carboxylic acids is 3. The van der Waals surface area contributed by atoms with Gasteiger partial charge in [-0.3, -0.25) is 14.4 Å². The number of nitrogens with one attached hydrogen (secondary N) is 2. The molecule has 2 aliphatic carbocycles. The molecule has 2 fully saturated rings. The second-order valence-corrected chi connectivity index (χ2v) is 7.64. The van der Waals surface area contributed by atoms with Crippen LogP contribution in [0.1, 0.15) is 42.5 Å². The van der Waals surface area contributed by atoms with E-state index in [-0.39, 0.29) is 29.6 Å². The van der Waals surface area contributed by atoms with Crippen LogP contribution in [0.5, 0.6) is 0 Å². The molecule has 4 rings (SSSR count). The van der Waals surface area contributed by atoms with Gasteiger partial charge in [-0.15, -0.1) is 0 Å². The number of nitrogens with zero attached hydrogens (tertiary/aromatic N) is 1. The van der Waals surface area contributed by atoms with Gasteiger partial charge in [0, 0.05) is 23.3 Å². The molecule has 1 aromatic carbocycles. The van der Waals surface area contributed by atoms with E-state index in [0.29, 0.717) is 35.7 Å². The summed E-state index contributed by atoms with van der Waals surface area (Å²) < 4.78 is 0. The van der Waals surface area contributed by atoms with Gasteiger partial charge >= 0.3 is 0 Å². The van der Waals surface area contributed by atoms with Crippen LogP contribution in [-0.2, 0) is 9.59 Å². The molecule has 0 radical (unpaired) electrons. The zero-order chi connectivity index (χ0) is 19.5. The molecule has 2 aliphatic rings. The van der Waals surface area contributed by atoms with Gasteiger partial charge in [-0.05, 0) is 49.9 Å². The lowest BCUT2D eigenvalue weighted by Crippen LogP contribution is -2.40. The number of aromatic nitrogens is 1. The first-order valence-electron chi connectivity index (χ1n) is 9.77. The van der Waals surface area contributed by atoms with Gasteiger partial charge in [0.2, 0.25) is 5.91 Å². The molecular weight excluding hydrogens is 354 g/mol. The molecule has 2 N–H and O–H groups in total. The Bertz CT molecular complexity index is 864. The Morgan fingerprint density at radius 3 is 2.29 bits per heavy atom. The third-order valence-corrected chi connectivity index (χ3v) is 5.73. The summed E-state index contributed by atoms with van der Waals surface area (Å²) in [7, 11) is 0. The summed E-state index contributed by atoms with van der Waals surface area (Å²) in [5.74, 6) is 0.482. The lowest BCUT2D eigenvalue weighted by molar-refractivity contribution is -0.136. The molecule has 2 atom stereocenters. The number of hydrogen-bond acceptors (Lipinski definition) is 4. The number of hydrogen-bond donors (Lipinski definition) is 2. The molecule has 6 nitrogen and oxygen atoms in total.